The van der Waals surface area contributed by atoms with Gasteiger partial charge in [-0.05, 0) is 43.4 Å². The first-order chi connectivity index (χ1) is 11.8. The lowest BCUT2D eigenvalue weighted by Crippen LogP contribution is -2.00. The lowest BCUT2D eigenvalue weighted by Gasteiger charge is -2.10. The predicted octanol–water partition coefficient (Wildman–Crippen LogP) is 4.06. The molecule has 3 heterocycles. The van der Waals surface area contributed by atoms with Crippen molar-refractivity contribution in [3.05, 3.63) is 53.7 Å². The van der Waals surface area contributed by atoms with Crippen LogP contribution in [0.15, 0.2) is 42.6 Å². The minimum absolute atomic E-state index is 0.195. The minimum atomic E-state index is -0.738. The summed E-state index contributed by atoms with van der Waals surface area (Å²) >= 11 is 0. The Labute approximate surface area is 140 Å². The van der Waals surface area contributed by atoms with E-state index in [1.807, 2.05) is 12.3 Å². The van der Waals surface area contributed by atoms with E-state index < -0.39 is 5.97 Å². The van der Waals surface area contributed by atoms with E-state index in [9.17, 15) is 4.79 Å². The minimum Gasteiger partial charge on any atom is -0.481 e. The standard InChI is InChI=1S/C20H20N2O2/c23-18(24)11-3-9-16-19-17(10-4-12-21-19)22-13-5-7-14-6-1-2-8-15(14)20(16)22/h1-2,4,6,8,10,12H,3,5,7,9,11,13H2,(H,23,24). The number of benzene rings is 1. The Bertz CT molecular complexity index is 911. The van der Waals surface area contributed by atoms with Crippen LogP contribution in [-0.4, -0.2) is 20.6 Å². The fourth-order valence-electron chi connectivity index (χ4n) is 3.83. The SMILES string of the molecule is O=C(O)CCCc1c2n(c3cccnc13)CCCc1ccccc1-2. The van der Waals surface area contributed by atoms with Crippen LogP contribution in [0.5, 0.6) is 0 Å². The number of hydrogen-bond donors (Lipinski definition) is 1. The summed E-state index contributed by atoms with van der Waals surface area (Å²) in [6.07, 6.45) is 5.59. The van der Waals surface area contributed by atoms with Crippen LogP contribution in [0, 0.1) is 0 Å². The molecule has 0 amide bonds. The molecule has 0 saturated carbocycles. The van der Waals surface area contributed by atoms with Crippen molar-refractivity contribution >= 4 is 17.0 Å². The second kappa shape index (κ2) is 6.11. The number of carboxylic acid groups (broad SMARTS) is 1. The van der Waals surface area contributed by atoms with Crippen LogP contribution in [0.2, 0.25) is 0 Å². The smallest absolute Gasteiger partial charge is 0.303 e. The Hall–Kier alpha value is -2.62. The lowest BCUT2D eigenvalue weighted by molar-refractivity contribution is -0.137. The molecule has 0 atom stereocenters. The monoisotopic (exact) mass is 320 g/mol. The molecular formula is C20H20N2O2. The van der Waals surface area contributed by atoms with E-state index in [1.54, 1.807) is 0 Å². The van der Waals surface area contributed by atoms with Crippen LogP contribution in [0.1, 0.15) is 30.4 Å². The first kappa shape index (κ1) is 14.9. The highest BCUT2D eigenvalue weighted by molar-refractivity contribution is 5.89. The maximum Gasteiger partial charge on any atom is 0.303 e. The van der Waals surface area contributed by atoms with Crippen molar-refractivity contribution < 1.29 is 9.90 Å². The van der Waals surface area contributed by atoms with Crippen molar-refractivity contribution in [3.8, 4) is 11.3 Å². The summed E-state index contributed by atoms with van der Waals surface area (Å²) in [6.45, 7) is 0.977. The molecule has 0 spiro atoms. The molecule has 2 aromatic heterocycles. The van der Waals surface area contributed by atoms with Gasteiger partial charge >= 0.3 is 5.97 Å². The van der Waals surface area contributed by atoms with Crippen LogP contribution in [0.4, 0.5) is 0 Å². The van der Waals surface area contributed by atoms with Gasteiger partial charge in [-0.25, -0.2) is 0 Å². The summed E-state index contributed by atoms with van der Waals surface area (Å²) in [5.41, 5.74) is 7.27. The molecule has 4 heteroatoms. The second-order valence-corrected chi connectivity index (χ2v) is 6.36. The van der Waals surface area contributed by atoms with E-state index in [4.69, 9.17) is 5.11 Å². The molecule has 1 aliphatic rings. The Morgan fingerprint density at radius 2 is 2.08 bits per heavy atom. The molecule has 4 rings (SSSR count). The van der Waals surface area contributed by atoms with E-state index >= 15 is 0 Å². The second-order valence-electron chi connectivity index (χ2n) is 6.36. The van der Waals surface area contributed by atoms with Gasteiger partial charge in [0.25, 0.3) is 0 Å². The molecule has 1 aromatic carbocycles. The molecule has 3 aromatic rings. The highest BCUT2D eigenvalue weighted by Crippen LogP contribution is 2.38. The fraction of sp³-hybridized carbons (Fsp3) is 0.300. The quantitative estimate of drug-likeness (QED) is 0.789. The average molecular weight is 320 g/mol. The molecule has 0 fully saturated rings. The zero-order valence-electron chi connectivity index (χ0n) is 13.5. The topological polar surface area (TPSA) is 55.1 Å². The van der Waals surface area contributed by atoms with Gasteiger partial charge in [0.05, 0.1) is 16.7 Å². The fourth-order valence-corrected chi connectivity index (χ4v) is 3.83. The number of aliphatic carboxylic acids is 1. The molecule has 1 aliphatic heterocycles. The van der Waals surface area contributed by atoms with Crippen LogP contribution in [0.3, 0.4) is 0 Å². The van der Waals surface area contributed by atoms with Gasteiger partial charge in [-0.15, -0.1) is 0 Å². The third-order valence-electron chi connectivity index (χ3n) is 4.84. The number of aryl methyl sites for hydroxylation is 3. The molecule has 0 bridgehead atoms. The zero-order chi connectivity index (χ0) is 16.5. The third kappa shape index (κ3) is 2.48. The normalized spacial score (nSPS) is 13.3. The van der Waals surface area contributed by atoms with Gasteiger partial charge in [0.1, 0.15) is 0 Å². The van der Waals surface area contributed by atoms with Crippen LogP contribution in [0.25, 0.3) is 22.3 Å². The molecule has 4 nitrogen and oxygen atoms in total. The number of rotatable bonds is 4. The van der Waals surface area contributed by atoms with Gasteiger partial charge in [-0.1, -0.05) is 24.3 Å². The Kier molecular flexibility index (Phi) is 3.81. The van der Waals surface area contributed by atoms with E-state index in [1.165, 1.54) is 22.4 Å². The van der Waals surface area contributed by atoms with Crippen LogP contribution < -0.4 is 0 Å². The largest absolute Gasteiger partial charge is 0.481 e. The molecule has 24 heavy (non-hydrogen) atoms. The van der Waals surface area contributed by atoms with E-state index in [0.717, 1.165) is 36.8 Å². The van der Waals surface area contributed by atoms with Crippen molar-refractivity contribution in [1.29, 1.82) is 0 Å². The molecule has 1 N–H and O–H groups in total. The number of nitrogens with zero attached hydrogens (tertiary/aromatic N) is 2. The van der Waals surface area contributed by atoms with Crippen LogP contribution >= 0.6 is 0 Å². The van der Waals surface area contributed by atoms with Gasteiger partial charge in [0, 0.05) is 30.3 Å². The summed E-state index contributed by atoms with van der Waals surface area (Å²) in [4.78, 5) is 15.5. The van der Waals surface area contributed by atoms with Crippen molar-refractivity contribution in [2.75, 3.05) is 0 Å². The summed E-state index contributed by atoms with van der Waals surface area (Å²) in [5.74, 6) is -0.738. The molecular weight excluding hydrogens is 300 g/mol. The van der Waals surface area contributed by atoms with E-state index in [-0.39, 0.29) is 6.42 Å². The highest BCUT2D eigenvalue weighted by atomic mass is 16.4. The first-order valence-electron chi connectivity index (χ1n) is 8.52. The Morgan fingerprint density at radius 1 is 1.21 bits per heavy atom. The lowest BCUT2D eigenvalue weighted by atomic mass is 9.97. The van der Waals surface area contributed by atoms with Crippen LogP contribution in [-0.2, 0) is 24.2 Å². The molecule has 0 aliphatic carbocycles. The number of carboxylic acids is 1. The zero-order valence-corrected chi connectivity index (χ0v) is 13.5. The van der Waals surface area contributed by atoms with Crippen molar-refractivity contribution in [2.45, 2.75) is 38.6 Å². The Morgan fingerprint density at radius 3 is 2.96 bits per heavy atom. The molecule has 122 valence electrons. The van der Waals surface area contributed by atoms with E-state index in [2.05, 4.69) is 39.9 Å². The number of pyridine rings is 1. The number of aromatic nitrogens is 2. The molecule has 0 saturated heterocycles. The van der Waals surface area contributed by atoms with Gasteiger partial charge in [-0.2, -0.15) is 0 Å². The number of fused-ring (bicyclic) bond motifs is 5. The third-order valence-corrected chi connectivity index (χ3v) is 4.84. The Balaban J connectivity index is 1.92. The molecule has 0 unspecified atom stereocenters. The highest BCUT2D eigenvalue weighted by Gasteiger charge is 2.23. The summed E-state index contributed by atoms with van der Waals surface area (Å²) in [7, 11) is 0. The van der Waals surface area contributed by atoms with Gasteiger partial charge in [0.2, 0.25) is 0 Å². The maximum atomic E-state index is 10.9. The average Bonchev–Trinajstić information content (AvgIpc) is 2.77. The summed E-state index contributed by atoms with van der Waals surface area (Å²) < 4.78 is 2.38. The number of hydrogen-bond acceptors (Lipinski definition) is 2. The molecule has 0 radical (unpaired) electrons. The number of carbonyl (C=O) groups is 1. The van der Waals surface area contributed by atoms with Crippen molar-refractivity contribution in [1.82, 2.24) is 9.55 Å². The first-order valence-corrected chi connectivity index (χ1v) is 8.52. The van der Waals surface area contributed by atoms with Gasteiger partial charge in [0.15, 0.2) is 0 Å². The van der Waals surface area contributed by atoms with E-state index in [0.29, 0.717) is 6.42 Å². The van der Waals surface area contributed by atoms with Gasteiger partial charge in [-0.3, -0.25) is 9.78 Å². The predicted molar refractivity (Wildman–Crippen MR) is 94.1 cm³/mol. The van der Waals surface area contributed by atoms with Crippen molar-refractivity contribution in [3.63, 3.8) is 0 Å². The van der Waals surface area contributed by atoms with Crippen molar-refractivity contribution in [2.24, 2.45) is 0 Å². The van der Waals surface area contributed by atoms with Gasteiger partial charge < -0.3 is 9.67 Å². The summed E-state index contributed by atoms with van der Waals surface area (Å²) in [5, 5.41) is 8.98. The summed E-state index contributed by atoms with van der Waals surface area (Å²) in [6, 6.07) is 12.7. The maximum absolute atomic E-state index is 10.9.